The molecule has 3 N–H and O–H groups in total. The Kier molecular flexibility index (Phi) is 8.57. The number of alkyl halides is 3. The molecule has 0 saturated heterocycles. The Bertz CT molecular complexity index is 1030. The van der Waals surface area contributed by atoms with Crippen molar-refractivity contribution in [2.75, 3.05) is 10.6 Å². The van der Waals surface area contributed by atoms with E-state index in [-0.39, 0.29) is 17.3 Å². The molecule has 0 unspecified atom stereocenters. The smallest absolute Gasteiger partial charge is 0.406 e. The summed E-state index contributed by atoms with van der Waals surface area (Å²) >= 11 is 0. The predicted octanol–water partition coefficient (Wildman–Crippen LogP) is 6.88. The van der Waals surface area contributed by atoms with Crippen molar-refractivity contribution < 1.29 is 22.3 Å². The van der Waals surface area contributed by atoms with Gasteiger partial charge < -0.3 is 20.8 Å². The van der Waals surface area contributed by atoms with E-state index in [0.717, 1.165) is 18.2 Å². The van der Waals surface area contributed by atoms with Gasteiger partial charge in [-0.3, -0.25) is 0 Å². The summed E-state index contributed by atoms with van der Waals surface area (Å²) in [7, 11) is 0. The zero-order chi connectivity index (χ0) is 23.7. The molecule has 170 valence electrons. The first-order valence-corrected chi connectivity index (χ1v) is 9.72. The highest BCUT2D eigenvalue weighted by Gasteiger charge is 2.30. The van der Waals surface area contributed by atoms with Crippen LogP contribution < -0.4 is 15.4 Å². The van der Waals surface area contributed by atoms with Gasteiger partial charge in [0.2, 0.25) is 0 Å². The first kappa shape index (κ1) is 24.6. The molecule has 0 heterocycles. The predicted molar refractivity (Wildman–Crippen MR) is 120 cm³/mol. The van der Waals surface area contributed by atoms with E-state index < -0.39 is 12.2 Å². The van der Waals surface area contributed by atoms with Crippen LogP contribution in [0.25, 0.3) is 0 Å². The third-order valence-corrected chi connectivity index (χ3v) is 4.32. The maximum atomic E-state index is 14.2. The van der Waals surface area contributed by atoms with E-state index in [9.17, 15) is 17.6 Å². The number of benzene rings is 2. The van der Waals surface area contributed by atoms with Gasteiger partial charge in [0.1, 0.15) is 17.4 Å². The van der Waals surface area contributed by atoms with Crippen LogP contribution in [0.5, 0.6) is 5.75 Å². The minimum Gasteiger partial charge on any atom is -0.406 e. The molecule has 0 amide bonds. The topological polar surface area (TPSA) is 69.5 Å². The van der Waals surface area contributed by atoms with Gasteiger partial charge in [-0.15, -0.1) is 13.2 Å². The molecule has 5 nitrogen and oxygen atoms in total. The van der Waals surface area contributed by atoms with Gasteiger partial charge in [-0.1, -0.05) is 24.6 Å². The molecule has 2 aromatic carbocycles. The summed E-state index contributed by atoms with van der Waals surface area (Å²) in [5.41, 5.74) is 2.46. The molecule has 0 atom stereocenters. The summed E-state index contributed by atoms with van der Waals surface area (Å²) in [6.07, 6.45) is -1.32. The fourth-order valence-corrected chi connectivity index (χ4v) is 2.50. The molecule has 32 heavy (non-hydrogen) atoms. The average Bonchev–Trinajstić information content (AvgIpc) is 2.74. The Hall–Kier alpha value is -3.62. The Labute approximate surface area is 184 Å². The fraction of sp³-hybridized carbons (Fsp3) is 0.217. The van der Waals surface area contributed by atoms with Gasteiger partial charge in [0.25, 0.3) is 0 Å². The fourth-order valence-electron chi connectivity index (χ4n) is 2.50. The average molecular weight is 448 g/mol. The SMILES string of the molecule is CC/C(C)=C/N=C(Nc1ccccc1F)\C(C=N)=C(/C)Nc1ccc(OC(F)(F)F)cc1. The van der Waals surface area contributed by atoms with Gasteiger partial charge in [0.15, 0.2) is 0 Å². The molecule has 0 saturated carbocycles. The van der Waals surface area contributed by atoms with Crippen molar-refractivity contribution in [1.82, 2.24) is 0 Å². The summed E-state index contributed by atoms with van der Waals surface area (Å²) in [4.78, 5) is 4.40. The summed E-state index contributed by atoms with van der Waals surface area (Å²) in [6, 6.07) is 11.2. The lowest BCUT2D eigenvalue weighted by molar-refractivity contribution is -0.274. The standard InChI is InChI=1S/C23H24F4N4O/c1-4-15(2)14-29-22(31-21-8-6-5-7-20(21)24)19(13-28)16(3)30-17-9-11-18(12-10-17)32-23(25,26)27/h5-14,28,30H,4H2,1-3H3,(H,29,31)/b15-14+,19-16+,28-13?. The Balaban J connectivity index is 2.36. The second kappa shape index (κ2) is 11.1. The molecule has 0 spiro atoms. The minimum atomic E-state index is -4.77. The van der Waals surface area contributed by atoms with Crippen molar-refractivity contribution in [1.29, 1.82) is 5.41 Å². The molecule has 2 aromatic rings. The number of halogens is 4. The molecule has 0 aromatic heterocycles. The molecule has 9 heteroatoms. The van der Waals surface area contributed by atoms with Crippen molar-refractivity contribution in [3.63, 3.8) is 0 Å². The second-order valence-electron chi connectivity index (χ2n) is 6.79. The Morgan fingerprint density at radius 1 is 1.06 bits per heavy atom. The van der Waals surface area contributed by atoms with Crippen LogP contribution in [0.3, 0.4) is 0 Å². The zero-order valence-corrected chi connectivity index (χ0v) is 17.8. The molecular weight excluding hydrogens is 424 g/mol. The van der Waals surface area contributed by atoms with Gasteiger partial charge in [-0.05, 0) is 56.7 Å². The van der Waals surface area contributed by atoms with Crippen LogP contribution >= 0.6 is 0 Å². The van der Waals surface area contributed by atoms with E-state index in [4.69, 9.17) is 5.41 Å². The lowest BCUT2D eigenvalue weighted by Gasteiger charge is -2.16. The van der Waals surface area contributed by atoms with Gasteiger partial charge in [0, 0.05) is 23.8 Å². The molecule has 0 aliphatic heterocycles. The number of nitrogens with zero attached hydrogens (tertiary/aromatic N) is 1. The number of anilines is 2. The largest absolute Gasteiger partial charge is 0.573 e. The number of rotatable bonds is 8. The van der Waals surface area contributed by atoms with Gasteiger partial charge in [-0.25, -0.2) is 9.38 Å². The van der Waals surface area contributed by atoms with Crippen molar-refractivity contribution in [2.45, 2.75) is 33.6 Å². The van der Waals surface area contributed by atoms with E-state index in [2.05, 4.69) is 20.4 Å². The van der Waals surface area contributed by atoms with Crippen LogP contribution in [0.15, 0.2) is 76.6 Å². The summed E-state index contributed by atoms with van der Waals surface area (Å²) in [5.74, 6) is -0.591. The molecule has 0 fully saturated rings. The molecule has 2 rings (SSSR count). The third kappa shape index (κ3) is 7.57. The summed E-state index contributed by atoms with van der Waals surface area (Å²) in [5, 5.41) is 13.8. The highest BCUT2D eigenvalue weighted by Crippen LogP contribution is 2.25. The monoisotopic (exact) mass is 448 g/mol. The van der Waals surface area contributed by atoms with E-state index in [0.29, 0.717) is 17.0 Å². The molecule has 0 bridgehead atoms. The second-order valence-corrected chi connectivity index (χ2v) is 6.79. The van der Waals surface area contributed by atoms with Crippen molar-refractivity contribution in [3.05, 3.63) is 77.4 Å². The van der Waals surface area contributed by atoms with Crippen LogP contribution in [-0.4, -0.2) is 18.4 Å². The number of hydrogen-bond donors (Lipinski definition) is 3. The van der Waals surface area contributed by atoms with Crippen molar-refractivity contribution >= 4 is 23.4 Å². The van der Waals surface area contributed by atoms with Gasteiger partial charge in [0.05, 0.1) is 11.3 Å². The van der Waals surface area contributed by atoms with Crippen LogP contribution in [-0.2, 0) is 0 Å². The van der Waals surface area contributed by atoms with E-state index in [1.54, 1.807) is 31.3 Å². The molecule has 0 radical (unpaired) electrons. The van der Waals surface area contributed by atoms with Crippen LogP contribution in [0.4, 0.5) is 28.9 Å². The lowest BCUT2D eigenvalue weighted by Crippen LogP contribution is -2.20. The number of hydrogen-bond acceptors (Lipinski definition) is 4. The summed E-state index contributed by atoms with van der Waals surface area (Å²) < 4.78 is 55.0. The first-order valence-electron chi connectivity index (χ1n) is 9.72. The number of amidine groups is 1. The molecule has 0 aliphatic carbocycles. The Morgan fingerprint density at radius 3 is 2.28 bits per heavy atom. The van der Waals surface area contributed by atoms with Gasteiger partial charge >= 0.3 is 6.36 Å². The van der Waals surface area contributed by atoms with Crippen LogP contribution in [0.2, 0.25) is 0 Å². The summed E-state index contributed by atoms with van der Waals surface area (Å²) in [6.45, 7) is 5.54. The van der Waals surface area contributed by atoms with Crippen LogP contribution in [0, 0.1) is 11.2 Å². The maximum absolute atomic E-state index is 14.2. The minimum absolute atomic E-state index is 0.189. The number of allylic oxidation sites excluding steroid dienone is 2. The highest BCUT2D eigenvalue weighted by atomic mass is 19.4. The number of ether oxygens (including phenoxy) is 1. The number of para-hydroxylation sites is 1. The molecule has 0 aliphatic rings. The number of aliphatic imine (C=N–C) groups is 1. The zero-order valence-electron chi connectivity index (χ0n) is 17.8. The van der Waals surface area contributed by atoms with Crippen LogP contribution in [0.1, 0.15) is 27.2 Å². The van der Waals surface area contributed by atoms with E-state index >= 15 is 0 Å². The van der Waals surface area contributed by atoms with Crippen molar-refractivity contribution in [3.8, 4) is 5.75 Å². The lowest BCUT2D eigenvalue weighted by atomic mass is 10.1. The van der Waals surface area contributed by atoms with Gasteiger partial charge in [-0.2, -0.15) is 0 Å². The first-order chi connectivity index (χ1) is 15.1. The highest BCUT2D eigenvalue weighted by molar-refractivity contribution is 6.21. The van der Waals surface area contributed by atoms with Crippen molar-refractivity contribution in [2.24, 2.45) is 4.99 Å². The third-order valence-electron chi connectivity index (χ3n) is 4.32. The van der Waals surface area contributed by atoms with E-state index in [1.807, 2.05) is 13.8 Å². The Morgan fingerprint density at radius 2 is 1.72 bits per heavy atom. The maximum Gasteiger partial charge on any atom is 0.573 e. The normalized spacial score (nSPS) is 13.3. The van der Waals surface area contributed by atoms with E-state index in [1.165, 1.54) is 30.3 Å². The molecular formula is C23H24F4N4O. The number of nitrogens with one attached hydrogen (secondary N) is 3. The quantitative estimate of drug-likeness (QED) is 0.234.